The molecule has 0 spiro atoms. The van der Waals surface area contributed by atoms with Crippen molar-refractivity contribution < 1.29 is 9.47 Å². The fraction of sp³-hybridized carbons (Fsp3) is 0.278. The molecule has 0 saturated heterocycles. The molecule has 0 aliphatic rings. The van der Waals surface area contributed by atoms with E-state index < -0.39 is 0 Å². The lowest BCUT2D eigenvalue weighted by atomic mass is 10.1. The number of guanidine groups is 1. The molecule has 0 bridgehead atoms. The first-order valence-corrected chi connectivity index (χ1v) is 7.56. The lowest BCUT2D eigenvalue weighted by Crippen LogP contribution is -2.23. The van der Waals surface area contributed by atoms with E-state index in [1.165, 1.54) is 5.56 Å². The minimum Gasteiger partial charge on any atom is -0.497 e. The van der Waals surface area contributed by atoms with Crippen LogP contribution in [-0.4, -0.2) is 26.7 Å². The van der Waals surface area contributed by atoms with Crippen molar-refractivity contribution in [2.75, 3.05) is 26.1 Å². The van der Waals surface area contributed by atoms with Crippen LogP contribution in [0.25, 0.3) is 0 Å². The number of halogens is 1. The van der Waals surface area contributed by atoms with Gasteiger partial charge in [0.15, 0.2) is 5.96 Å². The van der Waals surface area contributed by atoms with Gasteiger partial charge in [0.1, 0.15) is 11.5 Å². The maximum Gasteiger partial charge on any atom is 0.193 e. The van der Waals surface area contributed by atoms with Gasteiger partial charge in [0.05, 0.1) is 19.9 Å². The smallest absolute Gasteiger partial charge is 0.193 e. The van der Waals surface area contributed by atoms with E-state index in [9.17, 15) is 0 Å². The Bertz CT molecular complexity index is 648. The Morgan fingerprint density at radius 2 is 1.83 bits per heavy atom. The van der Waals surface area contributed by atoms with Crippen LogP contribution in [0.4, 0.5) is 5.69 Å². The second kappa shape index (κ2) is 10.7. The van der Waals surface area contributed by atoms with Gasteiger partial charge in [-0.25, -0.2) is 0 Å². The lowest BCUT2D eigenvalue weighted by Gasteiger charge is -2.12. The summed E-state index contributed by atoms with van der Waals surface area (Å²) < 4.78 is 10.5. The number of methoxy groups -OCH3 is 2. The number of rotatable bonds is 7. The summed E-state index contributed by atoms with van der Waals surface area (Å²) in [4.78, 5) is 4.35. The quantitative estimate of drug-likeness (QED) is 0.298. The van der Waals surface area contributed by atoms with Crippen LogP contribution in [0.15, 0.2) is 53.5 Å². The highest BCUT2D eigenvalue weighted by Crippen LogP contribution is 2.28. The van der Waals surface area contributed by atoms with Gasteiger partial charge in [0.2, 0.25) is 0 Å². The van der Waals surface area contributed by atoms with Crippen LogP contribution in [0.2, 0.25) is 0 Å². The summed E-state index contributed by atoms with van der Waals surface area (Å²) in [7, 11) is 3.23. The van der Waals surface area contributed by atoms with Crippen LogP contribution in [0.1, 0.15) is 12.0 Å². The van der Waals surface area contributed by atoms with Crippen LogP contribution in [0.3, 0.4) is 0 Å². The third-order valence-corrected chi connectivity index (χ3v) is 3.42. The van der Waals surface area contributed by atoms with E-state index in [0.717, 1.165) is 24.3 Å². The van der Waals surface area contributed by atoms with Crippen LogP contribution in [0.5, 0.6) is 11.5 Å². The molecule has 0 amide bonds. The Balaban J connectivity index is 0.00000288. The number of nitrogens with two attached hydrogens (primary N) is 1. The molecule has 0 aliphatic heterocycles. The van der Waals surface area contributed by atoms with Crippen molar-refractivity contribution in [1.82, 2.24) is 0 Å². The molecule has 0 aromatic heterocycles. The molecule has 0 atom stereocenters. The van der Waals surface area contributed by atoms with Gasteiger partial charge in [-0.05, 0) is 30.5 Å². The summed E-state index contributed by atoms with van der Waals surface area (Å²) in [5.41, 5.74) is 7.98. The highest BCUT2D eigenvalue weighted by molar-refractivity contribution is 14.0. The van der Waals surface area contributed by atoms with Crippen molar-refractivity contribution in [3.05, 3.63) is 54.1 Å². The SMILES string of the molecule is COc1ccc(OC)c(NC(N)=NCCCc2ccccc2)c1.I. The number of anilines is 1. The second-order valence-electron chi connectivity index (χ2n) is 5.05. The average molecular weight is 441 g/mol. The van der Waals surface area contributed by atoms with E-state index in [1.54, 1.807) is 14.2 Å². The highest BCUT2D eigenvalue weighted by Gasteiger charge is 2.05. The van der Waals surface area contributed by atoms with Crippen LogP contribution in [0, 0.1) is 0 Å². The number of benzene rings is 2. The van der Waals surface area contributed by atoms with Crippen LogP contribution < -0.4 is 20.5 Å². The second-order valence-corrected chi connectivity index (χ2v) is 5.05. The van der Waals surface area contributed by atoms with Gasteiger partial charge in [-0.15, -0.1) is 24.0 Å². The molecule has 2 aromatic rings. The van der Waals surface area contributed by atoms with Gasteiger partial charge in [0.25, 0.3) is 0 Å². The number of ether oxygens (including phenoxy) is 2. The predicted octanol–water partition coefficient (Wildman–Crippen LogP) is 3.68. The fourth-order valence-corrected chi connectivity index (χ4v) is 2.22. The molecular weight excluding hydrogens is 417 g/mol. The summed E-state index contributed by atoms with van der Waals surface area (Å²) in [5.74, 6) is 1.78. The number of nitrogens with zero attached hydrogens (tertiary/aromatic N) is 1. The zero-order valence-corrected chi connectivity index (χ0v) is 16.3. The lowest BCUT2D eigenvalue weighted by molar-refractivity contribution is 0.405. The maximum atomic E-state index is 5.94. The van der Waals surface area contributed by atoms with E-state index in [2.05, 4.69) is 22.4 Å². The summed E-state index contributed by atoms with van der Waals surface area (Å²) >= 11 is 0. The molecule has 24 heavy (non-hydrogen) atoms. The third-order valence-electron chi connectivity index (χ3n) is 3.42. The fourth-order valence-electron chi connectivity index (χ4n) is 2.22. The largest absolute Gasteiger partial charge is 0.497 e. The van der Waals surface area contributed by atoms with E-state index in [4.69, 9.17) is 15.2 Å². The zero-order chi connectivity index (χ0) is 16.5. The zero-order valence-electron chi connectivity index (χ0n) is 14.0. The van der Waals surface area contributed by atoms with Crippen molar-refractivity contribution in [2.45, 2.75) is 12.8 Å². The molecule has 5 nitrogen and oxygen atoms in total. The number of hydrogen-bond acceptors (Lipinski definition) is 3. The molecule has 0 heterocycles. The normalized spacial score (nSPS) is 10.7. The van der Waals surface area contributed by atoms with Gasteiger partial charge < -0.3 is 20.5 Å². The predicted molar refractivity (Wildman–Crippen MR) is 110 cm³/mol. The van der Waals surface area contributed by atoms with Crippen molar-refractivity contribution in [2.24, 2.45) is 10.7 Å². The molecule has 0 saturated carbocycles. The number of aryl methyl sites for hydroxylation is 1. The van der Waals surface area contributed by atoms with Gasteiger partial charge >= 0.3 is 0 Å². The molecule has 6 heteroatoms. The molecule has 0 fully saturated rings. The van der Waals surface area contributed by atoms with Crippen molar-refractivity contribution in [1.29, 1.82) is 0 Å². The molecule has 0 aliphatic carbocycles. The molecule has 2 aromatic carbocycles. The summed E-state index contributed by atoms with van der Waals surface area (Å²) in [6, 6.07) is 15.8. The van der Waals surface area contributed by atoms with Gasteiger partial charge in [-0.2, -0.15) is 0 Å². The first-order valence-electron chi connectivity index (χ1n) is 7.56. The Hall–Kier alpha value is -1.96. The first-order chi connectivity index (χ1) is 11.2. The molecule has 0 radical (unpaired) electrons. The Labute approximate surface area is 160 Å². The molecule has 3 N–H and O–H groups in total. The topological polar surface area (TPSA) is 68.9 Å². The standard InChI is InChI=1S/C18H23N3O2.HI/c1-22-15-10-11-17(23-2)16(13-15)21-18(19)20-12-6-9-14-7-4-3-5-8-14;/h3-5,7-8,10-11,13H,6,9,12H2,1-2H3,(H3,19,20,21);1H. The number of hydrogen-bond donors (Lipinski definition) is 2. The van der Waals surface area contributed by atoms with E-state index >= 15 is 0 Å². The van der Waals surface area contributed by atoms with Crippen molar-refractivity contribution in [3.63, 3.8) is 0 Å². The van der Waals surface area contributed by atoms with Gasteiger partial charge in [-0.1, -0.05) is 30.3 Å². The number of nitrogens with one attached hydrogen (secondary N) is 1. The molecule has 0 unspecified atom stereocenters. The van der Waals surface area contributed by atoms with Crippen molar-refractivity contribution in [3.8, 4) is 11.5 Å². The van der Waals surface area contributed by atoms with E-state index in [1.807, 2.05) is 36.4 Å². The Morgan fingerprint density at radius 1 is 1.08 bits per heavy atom. The summed E-state index contributed by atoms with van der Waals surface area (Å²) in [6.07, 6.45) is 1.93. The van der Waals surface area contributed by atoms with Gasteiger partial charge in [-0.3, -0.25) is 4.99 Å². The van der Waals surface area contributed by atoms with E-state index in [0.29, 0.717) is 18.3 Å². The monoisotopic (exact) mass is 441 g/mol. The Morgan fingerprint density at radius 3 is 2.50 bits per heavy atom. The molecule has 2 rings (SSSR count). The summed E-state index contributed by atoms with van der Waals surface area (Å²) in [5, 5.41) is 3.06. The Kier molecular flexibility index (Phi) is 8.99. The summed E-state index contributed by atoms with van der Waals surface area (Å²) in [6.45, 7) is 0.667. The van der Waals surface area contributed by atoms with E-state index in [-0.39, 0.29) is 24.0 Å². The minimum absolute atomic E-state index is 0. The number of aliphatic imine (C=N–C) groups is 1. The first kappa shape index (κ1) is 20.1. The molecule has 130 valence electrons. The molecular formula is C18H24IN3O2. The van der Waals surface area contributed by atoms with Crippen molar-refractivity contribution >= 4 is 35.6 Å². The van der Waals surface area contributed by atoms with Crippen LogP contribution >= 0.6 is 24.0 Å². The van der Waals surface area contributed by atoms with Crippen LogP contribution in [-0.2, 0) is 6.42 Å². The maximum absolute atomic E-state index is 5.94. The minimum atomic E-state index is 0. The third kappa shape index (κ3) is 6.27. The van der Waals surface area contributed by atoms with Gasteiger partial charge in [0, 0.05) is 12.6 Å². The average Bonchev–Trinajstić information content (AvgIpc) is 2.59. The highest BCUT2D eigenvalue weighted by atomic mass is 127.